The standard InChI is InChI=1S/C30H46O6/c1-3-4-5-6-7-8-9-10-11-12-13-14-18-21-27(32)34-23-26(31)29-28(24(2)30(33)36-29)35-22-25-19-16-15-17-20-25/h15-17,19-20,26,29,31H,3-14,18,21-23H2,1-2H3/t26-,29+/m0/s1. The monoisotopic (exact) mass is 502 g/mol. The summed E-state index contributed by atoms with van der Waals surface area (Å²) < 4.78 is 16.3. The molecule has 0 unspecified atom stereocenters. The molecule has 0 saturated heterocycles. The largest absolute Gasteiger partial charge is 0.489 e. The number of unbranched alkanes of at least 4 members (excludes halogenated alkanes) is 12. The van der Waals surface area contributed by atoms with Crippen molar-refractivity contribution in [1.29, 1.82) is 0 Å². The predicted octanol–water partition coefficient (Wildman–Crippen LogP) is 6.79. The number of aliphatic hydroxyl groups is 1. The second kappa shape index (κ2) is 18.0. The highest BCUT2D eigenvalue weighted by atomic mass is 16.6. The summed E-state index contributed by atoms with van der Waals surface area (Å²) in [5.74, 6) is -0.571. The zero-order valence-corrected chi connectivity index (χ0v) is 22.3. The molecule has 202 valence electrons. The zero-order valence-electron chi connectivity index (χ0n) is 22.3. The molecule has 1 heterocycles. The van der Waals surface area contributed by atoms with E-state index in [-0.39, 0.29) is 19.2 Å². The molecule has 0 spiro atoms. The van der Waals surface area contributed by atoms with Gasteiger partial charge in [0.25, 0.3) is 0 Å². The molecule has 0 fully saturated rings. The van der Waals surface area contributed by atoms with Crippen molar-refractivity contribution in [3.63, 3.8) is 0 Å². The van der Waals surface area contributed by atoms with Gasteiger partial charge in [0, 0.05) is 6.42 Å². The Kier molecular flexibility index (Phi) is 14.9. The third-order valence-electron chi connectivity index (χ3n) is 6.65. The maximum absolute atomic E-state index is 12.1. The van der Waals surface area contributed by atoms with E-state index >= 15 is 0 Å². The third kappa shape index (κ3) is 11.6. The van der Waals surface area contributed by atoms with Gasteiger partial charge >= 0.3 is 11.9 Å². The minimum Gasteiger partial charge on any atom is -0.489 e. The molecule has 6 nitrogen and oxygen atoms in total. The molecule has 1 aliphatic rings. The van der Waals surface area contributed by atoms with E-state index in [1.807, 2.05) is 30.3 Å². The molecule has 1 aromatic rings. The summed E-state index contributed by atoms with van der Waals surface area (Å²) in [6, 6.07) is 9.54. The lowest BCUT2D eigenvalue weighted by Crippen LogP contribution is -2.34. The van der Waals surface area contributed by atoms with Crippen LogP contribution in [-0.2, 0) is 30.4 Å². The fourth-order valence-corrected chi connectivity index (χ4v) is 4.38. The van der Waals surface area contributed by atoms with E-state index in [0.717, 1.165) is 24.8 Å². The summed E-state index contributed by atoms with van der Waals surface area (Å²) in [5.41, 5.74) is 1.27. The molecule has 6 heteroatoms. The van der Waals surface area contributed by atoms with Crippen molar-refractivity contribution < 1.29 is 28.9 Å². The average Bonchev–Trinajstić information content (AvgIpc) is 3.18. The summed E-state index contributed by atoms with van der Waals surface area (Å²) in [7, 11) is 0. The number of aliphatic hydroxyl groups excluding tert-OH is 1. The van der Waals surface area contributed by atoms with Gasteiger partial charge in [-0.3, -0.25) is 4.79 Å². The van der Waals surface area contributed by atoms with Crippen LogP contribution in [-0.4, -0.2) is 35.9 Å². The van der Waals surface area contributed by atoms with Crippen molar-refractivity contribution in [1.82, 2.24) is 0 Å². The first kappa shape index (κ1) is 29.9. The number of esters is 2. The van der Waals surface area contributed by atoms with Crippen LogP contribution in [0.25, 0.3) is 0 Å². The molecular weight excluding hydrogens is 456 g/mol. The van der Waals surface area contributed by atoms with Gasteiger partial charge in [0.1, 0.15) is 19.3 Å². The lowest BCUT2D eigenvalue weighted by Gasteiger charge is -2.20. The normalized spacial score (nSPS) is 16.2. The van der Waals surface area contributed by atoms with E-state index in [2.05, 4.69) is 6.92 Å². The Balaban J connectivity index is 1.54. The summed E-state index contributed by atoms with van der Waals surface area (Å²) in [4.78, 5) is 24.1. The highest BCUT2D eigenvalue weighted by Crippen LogP contribution is 2.27. The van der Waals surface area contributed by atoms with Crippen LogP contribution in [0.1, 0.15) is 109 Å². The van der Waals surface area contributed by atoms with Crippen molar-refractivity contribution >= 4 is 11.9 Å². The van der Waals surface area contributed by atoms with Gasteiger partial charge in [0.05, 0.1) is 5.57 Å². The molecule has 1 aliphatic heterocycles. The van der Waals surface area contributed by atoms with Gasteiger partial charge in [0.2, 0.25) is 0 Å². The number of rotatable bonds is 20. The summed E-state index contributed by atoms with van der Waals surface area (Å²) >= 11 is 0. The lowest BCUT2D eigenvalue weighted by molar-refractivity contribution is -0.154. The van der Waals surface area contributed by atoms with Gasteiger partial charge in [-0.2, -0.15) is 0 Å². The molecule has 0 amide bonds. The molecule has 2 rings (SSSR count). The van der Waals surface area contributed by atoms with Gasteiger partial charge in [-0.05, 0) is 18.9 Å². The summed E-state index contributed by atoms with van der Waals surface area (Å²) in [5, 5.41) is 10.5. The maximum Gasteiger partial charge on any atom is 0.338 e. The molecular formula is C30H46O6. The maximum atomic E-state index is 12.1. The average molecular weight is 503 g/mol. The van der Waals surface area contributed by atoms with Gasteiger partial charge < -0.3 is 19.3 Å². The van der Waals surface area contributed by atoms with Crippen molar-refractivity contribution in [2.45, 2.75) is 123 Å². The number of carbonyl (C=O) groups excluding carboxylic acids is 2. The van der Waals surface area contributed by atoms with E-state index in [1.165, 1.54) is 64.2 Å². The molecule has 0 bridgehead atoms. The van der Waals surface area contributed by atoms with E-state index in [1.54, 1.807) is 6.92 Å². The molecule has 1 N–H and O–H groups in total. The van der Waals surface area contributed by atoms with Crippen LogP contribution in [0, 0.1) is 0 Å². The van der Waals surface area contributed by atoms with Crippen molar-refractivity contribution in [2.24, 2.45) is 0 Å². The quantitative estimate of drug-likeness (QED) is 0.156. The Labute approximate surface area is 217 Å². The first-order chi connectivity index (χ1) is 17.5. The van der Waals surface area contributed by atoms with Crippen LogP contribution < -0.4 is 0 Å². The number of hydrogen-bond donors (Lipinski definition) is 1. The van der Waals surface area contributed by atoms with Crippen molar-refractivity contribution in [3.05, 3.63) is 47.2 Å². The molecule has 0 aliphatic carbocycles. The Morgan fingerprint density at radius 2 is 1.47 bits per heavy atom. The first-order valence-corrected chi connectivity index (χ1v) is 13.9. The SMILES string of the molecule is CCCCCCCCCCCCCCCC(=O)OC[C@H](O)[C@H]1OC(=O)C(C)=C1OCc1ccccc1. The smallest absolute Gasteiger partial charge is 0.338 e. The molecule has 0 saturated carbocycles. The number of cyclic esters (lactones) is 1. The Hall–Kier alpha value is -2.34. The zero-order chi connectivity index (χ0) is 26.0. The Morgan fingerprint density at radius 3 is 2.06 bits per heavy atom. The Bertz CT molecular complexity index is 788. The number of ether oxygens (including phenoxy) is 3. The van der Waals surface area contributed by atoms with Gasteiger partial charge in [-0.1, -0.05) is 114 Å². The second-order valence-electron chi connectivity index (χ2n) is 9.83. The fourth-order valence-electron chi connectivity index (χ4n) is 4.38. The van der Waals surface area contributed by atoms with Gasteiger partial charge in [-0.25, -0.2) is 4.79 Å². The second-order valence-corrected chi connectivity index (χ2v) is 9.83. The summed E-state index contributed by atoms with van der Waals surface area (Å²) in [6.07, 6.45) is 14.4. The van der Waals surface area contributed by atoms with Crippen LogP contribution in [0.4, 0.5) is 0 Å². The highest BCUT2D eigenvalue weighted by molar-refractivity contribution is 5.91. The van der Waals surface area contributed by atoms with E-state index in [0.29, 0.717) is 17.8 Å². The molecule has 2 atom stereocenters. The van der Waals surface area contributed by atoms with Gasteiger partial charge in [-0.15, -0.1) is 0 Å². The van der Waals surface area contributed by atoms with E-state index in [4.69, 9.17) is 14.2 Å². The van der Waals surface area contributed by atoms with Crippen LogP contribution in [0.2, 0.25) is 0 Å². The lowest BCUT2D eigenvalue weighted by atomic mass is 10.0. The minimum absolute atomic E-state index is 0.235. The van der Waals surface area contributed by atoms with Gasteiger partial charge in [0.15, 0.2) is 11.9 Å². The first-order valence-electron chi connectivity index (χ1n) is 13.9. The topological polar surface area (TPSA) is 82.1 Å². The van der Waals surface area contributed by atoms with Crippen LogP contribution in [0.3, 0.4) is 0 Å². The number of carbonyl (C=O) groups is 2. The molecule has 0 aromatic heterocycles. The van der Waals surface area contributed by atoms with Crippen LogP contribution in [0.5, 0.6) is 0 Å². The van der Waals surface area contributed by atoms with Crippen molar-refractivity contribution in [3.8, 4) is 0 Å². The Morgan fingerprint density at radius 1 is 0.917 bits per heavy atom. The predicted molar refractivity (Wildman–Crippen MR) is 141 cm³/mol. The van der Waals surface area contributed by atoms with Crippen LogP contribution >= 0.6 is 0 Å². The molecule has 1 aromatic carbocycles. The third-order valence-corrected chi connectivity index (χ3v) is 6.65. The minimum atomic E-state index is -1.17. The van der Waals surface area contributed by atoms with Crippen molar-refractivity contribution in [2.75, 3.05) is 6.61 Å². The fraction of sp³-hybridized carbons (Fsp3) is 0.667. The summed E-state index contributed by atoms with van der Waals surface area (Å²) in [6.45, 7) is 3.88. The van der Waals surface area contributed by atoms with E-state index in [9.17, 15) is 14.7 Å². The van der Waals surface area contributed by atoms with Crippen LogP contribution in [0.15, 0.2) is 41.7 Å². The molecule has 0 radical (unpaired) electrons. The van der Waals surface area contributed by atoms with E-state index < -0.39 is 18.2 Å². The number of benzene rings is 1. The highest BCUT2D eigenvalue weighted by Gasteiger charge is 2.38. The molecule has 36 heavy (non-hydrogen) atoms. The number of hydrogen-bond acceptors (Lipinski definition) is 6.